The molecule has 0 spiro atoms. The Morgan fingerprint density at radius 2 is 2.04 bits per heavy atom. The molecule has 5 heteroatoms. The summed E-state index contributed by atoms with van der Waals surface area (Å²) in [6.45, 7) is 4.63. The van der Waals surface area contributed by atoms with Crippen molar-refractivity contribution in [1.29, 1.82) is 0 Å². The van der Waals surface area contributed by atoms with Gasteiger partial charge in [0, 0.05) is 10.7 Å². The Kier molecular flexibility index (Phi) is 7.47. The maximum atomic E-state index is 11.9. The van der Waals surface area contributed by atoms with Gasteiger partial charge in [0.25, 0.3) is 0 Å². The number of anilines is 1. The van der Waals surface area contributed by atoms with Gasteiger partial charge in [-0.15, -0.1) is 0 Å². The van der Waals surface area contributed by atoms with Crippen LogP contribution in [0.25, 0.3) is 0 Å². The summed E-state index contributed by atoms with van der Waals surface area (Å²) in [5.41, 5.74) is 2.97. The highest BCUT2D eigenvalue weighted by Gasteiger charge is 2.05. The fourth-order valence-electron chi connectivity index (χ4n) is 2.17. The highest BCUT2D eigenvalue weighted by atomic mass is 35.5. The van der Waals surface area contributed by atoms with Crippen LogP contribution >= 0.6 is 23.4 Å². The van der Waals surface area contributed by atoms with E-state index in [1.54, 1.807) is 17.8 Å². The lowest BCUT2D eigenvalue weighted by atomic mass is 10.2. The van der Waals surface area contributed by atoms with Gasteiger partial charge in [-0.1, -0.05) is 23.7 Å². The third-order valence-electron chi connectivity index (χ3n) is 3.39. The summed E-state index contributed by atoms with van der Waals surface area (Å²) >= 11 is 7.52. The largest absolute Gasteiger partial charge is 0.494 e. The standard InChI is InChI=1S/C19H22ClNO2S/c1-14-5-3-6-17(11-14)23-9-4-10-24-13-19(22)21-18-8-7-16(20)12-15(18)2/h3,5-8,11-12H,4,9-10,13H2,1-2H3,(H,21,22). The van der Waals surface area contributed by atoms with Crippen molar-refractivity contribution in [2.24, 2.45) is 0 Å². The molecule has 0 aliphatic rings. The van der Waals surface area contributed by atoms with E-state index in [4.69, 9.17) is 16.3 Å². The van der Waals surface area contributed by atoms with Crippen molar-refractivity contribution < 1.29 is 9.53 Å². The molecule has 128 valence electrons. The number of hydrogen-bond donors (Lipinski definition) is 1. The van der Waals surface area contributed by atoms with Crippen molar-refractivity contribution in [2.75, 3.05) is 23.4 Å². The van der Waals surface area contributed by atoms with E-state index < -0.39 is 0 Å². The summed E-state index contributed by atoms with van der Waals surface area (Å²) in [4.78, 5) is 11.9. The van der Waals surface area contributed by atoms with Crippen LogP contribution in [0.1, 0.15) is 17.5 Å². The number of aryl methyl sites for hydroxylation is 2. The third kappa shape index (κ3) is 6.46. The van der Waals surface area contributed by atoms with E-state index >= 15 is 0 Å². The van der Waals surface area contributed by atoms with E-state index in [9.17, 15) is 4.79 Å². The Balaban J connectivity index is 1.61. The lowest BCUT2D eigenvalue weighted by Crippen LogP contribution is -2.15. The number of amides is 1. The molecular formula is C19H22ClNO2S. The van der Waals surface area contributed by atoms with Crippen molar-refractivity contribution >= 4 is 35.0 Å². The van der Waals surface area contributed by atoms with E-state index in [1.807, 2.05) is 50.2 Å². The first-order valence-electron chi connectivity index (χ1n) is 7.88. The van der Waals surface area contributed by atoms with Crippen molar-refractivity contribution in [3.05, 3.63) is 58.6 Å². The van der Waals surface area contributed by atoms with Gasteiger partial charge in [0.15, 0.2) is 0 Å². The maximum absolute atomic E-state index is 11.9. The topological polar surface area (TPSA) is 38.3 Å². The molecule has 0 fully saturated rings. The molecule has 1 N–H and O–H groups in total. The number of thioether (sulfide) groups is 1. The van der Waals surface area contributed by atoms with Crippen molar-refractivity contribution in [2.45, 2.75) is 20.3 Å². The Bertz CT molecular complexity index is 691. The summed E-state index contributed by atoms with van der Waals surface area (Å²) in [5, 5.41) is 3.59. The molecule has 2 aromatic rings. The molecule has 2 aromatic carbocycles. The summed E-state index contributed by atoms with van der Waals surface area (Å²) in [6, 6.07) is 13.5. The van der Waals surface area contributed by atoms with Gasteiger partial charge in [0.1, 0.15) is 5.75 Å². The minimum absolute atomic E-state index is 0.00465. The lowest BCUT2D eigenvalue weighted by molar-refractivity contribution is -0.113. The zero-order valence-corrected chi connectivity index (χ0v) is 15.5. The van der Waals surface area contributed by atoms with Crippen LogP contribution in [-0.4, -0.2) is 24.0 Å². The first-order chi connectivity index (χ1) is 11.5. The van der Waals surface area contributed by atoms with Gasteiger partial charge in [-0.05, 0) is 67.5 Å². The van der Waals surface area contributed by atoms with Crippen LogP contribution in [0.2, 0.25) is 5.02 Å². The molecule has 0 aromatic heterocycles. The van der Waals surface area contributed by atoms with Gasteiger partial charge in [0.05, 0.1) is 12.4 Å². The van der Waals surface area contributed by atoms with E-state index in [2.05, 4.69) is 5.32 Å². The summed E-state index contributed by atoms with van der Waals surface area (Å²) in [5.74, 6) is 2.23. The molecule has 0 aliphatic heterocycles. The van der Waals surface area contributed by atoms with Crippen LogP contribution in [0.15, 0.2) is 42.5 Å². The third-order valence-corrected chi connectivity index (χ3v) is 4.67. The predicted molar refractivity (Wildman–Crippen MR) is 103 cm³/mol. The Labute approximate surface area is 152 Å². The quantitative estimate of drug-likeness (QED) is 0.663. The molecular weight excluding hydrogens is 342 g/mol. The number of carbonyl (C=O) groups is 1. The summed E-state index contributed by atoms with van der Waals surface area (Å²) in [6.07, 6.45) is 0.909. The Morgan fingerprint density at radius 1 is 1.21 bits per heavy atom. The molecule has 0 bridgehead atoms. The molecule has 0 aliphatic carbocycles. The minimum atomic E-state index is 0.00465. The second-order valence-corrected chi connectivity index (χ2v) is 7.12. The van der Waals surface area contributed by atoms with E-state index in [0.717, 1.165) is 29.2 Å². The highest BCUT2D eigenvalue weighted by Crippen LogP contribution is 2.20. The SMILES string of the molecule is Cc1cccc(OCCCSCC(=O)Nc2ccc(Cl)cc2C)c1. The summed E-state index contributed by atoms with van der Waals surface area (Å²) in [7, 11) is 0. The van der Waals surface area contributed by atoms with Crippen LogP contribution in [0.3, 0.4) is 0 Å². The van der Waals surface area contributed by atoms with Crippen LogP contribution in [-0.2, 0) is 4.79 Å². The molecule has 0 radical (unpaired) electrons. The molecule has 0 unspecified atom stereocenters. The van der Waals surface area contributed by atoms with Gasteiger partial charge < -0.3 is 10.1 Å². The smallest absolute Gasteiger partial charge is 0.234 e. The molecule has 2 rings (SSSR count). The monoisotopic (exact) mass is 363 g/mol. The Morgan fingerprint density at radius 3 is 2.79 bits per heavy atom. The first-order valence-corrected chi connectivity index (χ1v) is 9.41. The number of halogens is 1. The van der Waals surface area contributed by atoms with Crippen molar-refractivity contribution in [1.82, 2.24) is 0 Å². The van der Waals surface area contributed by atoms with Crippen LogP contribution < -0.4 is 10.1 Å². The zero-order chi connectivity index (χ0) is 17.4. The highest BCUT2D eigenvalue weighted by molar-refractivity contribution is 7.99. The second kappa shape index (κ2) is 9.60. The Hall–Kier alpha value is -1.65. The molecule has 0 atom stereocenters. The normalized spacial score (nSPS) is 10.5. The lowest BCUT2D eigenvalue weighted by Gasteiger charge is -2.09. The molecule has 3 nitrogen and oxygen atoms in total. The van der Waals surface area contributed by atoms with Crippen molar-refractivity contribution in [3.8, 4) is 5.75 Å². The van der Waals surface area contributed by atoms with Gasteiger partial charge in [-0.2, -0.15) is 11.8 Å². The zero-order valence-electron chi connectivity index (χ0n) is 14.0. The average Bonchev–Trinajstić information content (AvgIpc) is 2.53. The predicted octanol–water partition coefficient (Wildman–Crippen LogP) is 5.10. The van der Waals surface area contributed by atoms with Crippen LogP contribution in [0.4, 0.5) is 5.69 Å². The molecule has 0 heterocycles. The molecule has 0 saturated heterocycles. The fourth-order valence-corrected chi connectivity index (χ4v) is 3.13. The first kappa shape index (κ1) is 18.7. The number of ether oxygens (including phenoxy) is 1. The second-order valence-electron chi connectivity index (χ2n) is 5.58. The van der Waals surface area contributed by atoms with Crippen LogP contribution in [0.5, 0.6) is 5.75 Å². The van der Waals surface area contributed by atoms with Gasteiger partial charge in [-0.25, -0.2) is 0 Å². The van der Waals surface area contributed by atoms with Crippen molar-refractivity contribution in [3.63, 3.8) is 0 Å². The van der Waals surface area contributed by atoms with Gasteiger partial charge in [-0.3, -0.25) is 4.79 Å². The van der Waals surface area contributed by atoms with E-state index in [1.165, 1.54) is 5.56 Å². The number of hydrogen-bond acceptors (Lipinski definition) is 3. The number of benzene rings is 2. The average molecular weight is 364 g/mol. The summed E-state index contributed by atoms with van der Waals surface area (Å²) < 4.78 is 5.69. The fraction of sp³-hybridized carbons (Fsp3) is 0.316. The van der Waals surface area contributed by atoms with Crippen LogP contribution in [0, 0.1) is 13.8 Å². The number of rotatable bonds is 8. The minimum Gasteiger partial charge on any atom is -0.494 e. The maximum Gasteiger partial charge on any atom is 0.234 e. The van der Waals surface area contributed by atoms with E-state index in [0.29, 0.717) is 17.4 Å². The van der Waals surface area contributed by atoms with Gasteiger partial charge >= 0.3 is 0 Å². The molecule has 24 heavy (non-hydrogen) atoms. The molecule has 1 amide bonds. The van der Waals surface area contributed by atoms with Gasteiger partial charge in [0.2, 0.25) is 5.91 Å². The number of nitrogens with one attached hydrogen (secondary N) is 1. The molecule has 0 saturated carbocycles. The van der Waals surface area contributed by atoms with E-state index in [-0.39, 0.29) is 5.91 Å². The number of carbonyl (C=O) groups excluding carboxylic acids is 1.